The van der Waals surface area contributed by atoms with Gasteiger partial charge in [0.05, 0.1) is 10.7 Å². The van der Waals surface area contributed by atoms with Crippen molar-refractivity contribution in [2.24, 2.45) is 0 Å². The third-order valence-corrected chi connectivity index (χ3v) is 3.80. The fraction of sp³-hybridized carbons (Fsp3) is 0.118. The highest BCUT2D eigenvalue weighted by Gasteiger charge is 2.06. The molecule has 0 fully saturated rings. The second kappa shape index (κ2) is 7.47. The predicted octanol–water partition coefficient (Wildman–Crippen LogP) is 4.84. The molecular weight excluding hydrogens is 345 g/mol. The molecule has 1 aromatic carbocycles. The molecule has 0 atom stereocenters. The van der Waals surface area contributed by atoms with E-state index in [4.69, 9.17) is 23.2 Å². The van der Waals surface area contributed by atoms with Gasteiger partial charge in [-0.15, -0.1) is 0 Å². The molecule has 3 aromatic rings. The monoisotopic (exact) mass is 359 g/mol. The van der Waals surface area contributed by atoms with Crippen LogP contribution in [0.15, 0.2) is 48.8 Å². The van der Waals surface area contributed by atoms with Crippen LogP contribution in [0.1, 0.15) is 11.4 Å². The van der Waals surface area contributed by atoms with E-state index < -0.39 is 0 Å². The highest BCUT2D eigenvalue weighted by atomic mass is 35.5. The van der Waals surface area contributed by atoms with E-state index in [1.807, 2.05) is 31.2 Å². The van der Waals surface area contributed by atoms with Gasteiger partial charge in [0.1, 0.15) is 17.5 Å². The minimum absolute atomic E-state index is 0.532. The first-order chi connectivity index (χ1) is 11.6. The van der Waals surface area contributed by atoms with Crippen molar-refractivity contribution in [2.45, 2.75) is 13.5 Å². The van der Waals surface area contributed by atoms with E-state index in [1.54, 1.807) is 24.5 Å². The van der Waals surface area contributed by atoms with Gasteiger partial charge >= 0.3 is 0 Å². The van der Waals surface area contributed by atoms with E-state index in [-0.39, 0.29) is 0 Å². The van der Waals surface area contributed by atoms with Crippen LogP contribution in [0.5, 0.6) is 0 Å². The highest BCUT2D eigenvalue weighted by molar-refractivity contribution is 6.36. The molecule has 2 aromatic heterocycles. The molecule has 3 rings (SSSR count). The van der Waals surface area contributed by atoms with E-state index >= 15 is 0 Å². The zero-order valence-electron chi connectivity index (χ0n) is 12.9. The second-order valence-electron chi connectivity index (χ2n) is 5.14. The molecule has 0 spiro atoms. The molecule has 0 amide bonds. The maximum absolute atomic E-state index is 6.19. The van der Waals surface area contributed by atoms with Gasteiger partial charge in [-0.2, -0.15) is 0 Å². The smallest absolute Gasteiger partial charge is 0.136 e. The van der Waals surface area contributed by atoms with Gasteiger partial charge in [0, 0.05) is 30.0 Å². The molecule has 5 nitrogen and oxygen atoms in total. The molecule has 0 radical (unpaired) electrons. The van der Waals surface area contributed by atoms with Gasteiger partial charge in [-0.3, -0.25) is 4.98 Å². The van der Waals surface area contributed by atoms with Crippen molar-refractivity contribution < 1.29 is 0 Å². The number of hydrogen-bond acceptors (Lipinski definition) is 5. The summed E-state index contributed by atoms with van der Waals surface area (Å²) >= 11 is 12.1. The lowest BCUT2D eigenvalue weighted by Crippen LogP contribution is -2.05. The number of aromatic nitrogens is 3. The predicted molar refractivity (Wildman–Crippen MR) is 98.1 cm³/mol. The molecule has 0 saturated heterocycles. The van der Waals surface area contributed by atoms with Crippen molar-refractivity contribution >= 4 is 40.5 Å². The van der Waals surface area contributed by atoms with E-state index in [1.165, 1.54) is 0 Å². The SMILES string of the molecule is Cc1nc(NCc2ccncc2)cc(Nc2ccc(Cl)cc2Cl)n1. The number of hydrogen-bond donors (Lipinski definition) is 2. The number of rotatable bonds is 5. The Morgan fingerprint density at radius 2 is 1.71 bits per heavy atom. The van der Waals surface area contributed by atoms with Crippen LogP contribution >= 0.6 is 23.2 Å². The summed E-state index contributed by atoms with van der Waals surface area (Å²) in [5, 5.41) is 7.59. The molecule has 0 aliphatic carbocycles. The first-order valence-electron chi connectivity index (χ1n) is 7.31. The Balaban J connectivity index is 1.76. The van der Waals surface area contributed by atoms with Gasteiger partial charge in [-0.1, -0.05) is 23.2 Å². The first-order valence-corrected chi connectivity index (χ1v) is 8.06. The summed E-state index contributed by atoms with van der Waals surface area (Å²) in [6, 6.07) is 11.0. The number of anilines is 3. The Labute approximate surface area is 150 Å². The summed E-state index contributed by atoms with van der Waals surface area (Å²) in [7, 11) is 0. The van der Waals surface area contributed by atoms with Gasteiger partial charge in [0.15, 0.2) is 0 Å². The van der Waals surface area contributed by atoms with Gasteiger partial charge in [0.2, 0.25) is 0 Å². The molecule has 0 bridgehead atoms. The van der Waals surface area contributed by atoms with Gasteiger partial charge in [-0.05, 0) is 42.8 Å². The zero-order valence-corrected chi connectivity index (χ0v) is 14.4. The molecular formula is C17H15Cl2N5. The van der Waals surface area contributed by atoms with E-state index in [2.05, 4.69) is 25.6 Å². The number of pyridine rings is 1. The van der Waals surface area contributed by atoms with E-state index in [9.17, 15) is 0 Å². The lowest BCUT2D eigenvalue weighted by molar-refractivity contribution is 1.02. The minimum Gasteiger partial charge on any atom is -0.366 e. The Kier molecular flexibility index (Phi) is 5.13. The molecule has 0 aliphatic rings. The van der Waals surface area contributed by atoms with Crippen molar-refractivity contribution in [3.05, 3.63) is 70.2 Å². The van der Waals surface area contributed by atoms with Crippen LogP contribution in [0.3, 0.4) is 0 Å². The lowest BCUT2D eigenvalue weighted by Gasteiger charge is -2.11. The highest BCUT2D eigenvalue weighted by Crippen LogP contribution is 2.28. The number of benzene rings is 1. The Morgan fingerprint density at radius 1 is 0.958 bits per heavy atom. The molecule has 0 saturated carbocycles. The average molecular weight is 360 g/mol. The molecule has 2 heterocycles. The molecule has 2 N–H and O–H groups in total. The second-order valence-corrected chi connectivity index (χ2v) is 5.99. The number of aryl methyl sites for hydroxylation is 1. The topological polar surface area (TPSA) is 62.7 Å². The van der Waals surface area contributed by atoms with Crippen LogP contribution in [0.25, 0.3) is 0 Å². The summed E-state index contributed by atoms with van der Waals surface area (Å²) in [6.07, 6.45) is 3.52. The molecule has 24 heavy (non-hydrogen) atoms. The quantitative estimate of drug-likeness (QED) is 0.682. The molecule has 0 aliphatic heterocycles. The van der Waals surface area contributed by atoms with Crippen molar-refractivity contribution in [3.63, 3.8) is 0 Å². The van der Waals surface area contributed by atoms with Crippen LogP contribution in [-0.4, -0.2) is 15.0 Å². The van der Waals surface area contributed by atoms with Crippen molar-refractivity contribution in [3.8, 4) is 0 Å². The van der Waals surface area contributed by atoms with E-state index in [0.29, 0.717) is 28.2 Å². The van der Waals surface area contributed by atoms with Gasteiger partial charge in [0.25, 0.3) is 0 Å². The third-order valence-electron chi connectivity index (χ3n) is 3.25. The summed E-state index contributed by atoms with van der Waals surface area (Å²) in [6.45, 7) is 2.49. The van der Waals surface area contributed by atoms with Crippen molar-refractivity contribution in [1.29, 1.82) is 0 Å². The number of nitrogens with one attached hydrogen (secondary N) is 2. The van der Waals surface area contributed by atoms with Crippen LogP contribution in [0.2, 0.25) is 10.0 Å². The molecule has 7 heteroatoms. The summed E-state index contributed by atoms with van der Waals surface area (Å²) in [4.78, 5) is 12.8. The Morgan fingerprint density at radius 3 is 2.46 bits per heavy atom. The summed E-state index contributed by atoms with van der Waals surface area (Å²) in [5.41, 5.74) is 1.86. The normalized spacial score (nSPS) is 10.5. The van der Waals surface area contributed by atoms with Gasteiger partial charge < -0.3 is 10.6 Å². The van der Waals surface area contributed by atoms with Gasteiger partial charge in [-0.25, -0.2) is 9.97 Å². The van der Waals surface area contributed by atoms with E-state index in [0.717, 1.165) is 17.1 Å². The largest absolute Gasteiger partial charge is 0.366 e. The fourth-order valence-electron chi connectivity index (χ4n) is 2.14. The van der Waals surface area contributed by atoms with Crippen LogP contribution in [0, 0.1) is 6.92 Å². The third kappa shape index (κ3) is 4.34. The minimum atomic E-state index is 0.532. The lowest BCUT2D eigenvalue weighted by atomic mass is 10.3. The Bertz CT molecular complexity index is 840. The maximum Gasteiger partial charge on any atom is 0.136 e. The Hall–Kier alpha value is -2.37. The number of nitrogens with zero attached hydrogens (tertiary/aromatic N) is 3. The van der Waals surface area contributed by atoms with Crippen LogP contribution in [-0.2, 0) is 6.54 Å². The van der Waals surface area contributed by atoms with Crippen LogP contribution < -0.4 is 10.6 Å². The zero-order chi connectivity index (χ0) is 16.9. The van der Waals surface area contributed by atoms with Crippen LogP contribution in [0.4, 0.5) is 17.3 Å². The fourth-order valence-corrected chi connectivity index (χ4v) is 2.60. The standard InChI is InChI=1S/C17H15Cl2N5/c1-11-22-16(21-10-12-4-6-20-7-5-12)9-17(23-11)24-15-3-2-13(18)8-14(15)19/h2-9H,10H2,1H3,(H2,21,22,23,24). The first kappa shape index (κ1) is 16.5. The molecule has 122 valence electrons. The maximum atomic E-state index is 6.19. The number of halogens is 2. The average Bonchev–Trinajstić information content (AvgIpc) is 2.56. The molecule has 0 unspecified atom stereocenters. The summed E-state index contributed by atoms with van der Waals surface area (Å²) < 4.78 is 0. The van der Waals surface area contributed by atoms with Crippen molar-refractivity contribution in [1.82, 2.24) is 15.0 Å². The van der Waals surface area contributed by atoms with Crippen molar-refractivity contribution in [2.75, 3.05) is 10.6 Å². The summed E-state index contributed by atoms with van der Waals surface area (Å²) in [5.74, 6) is 2.04.